The van der Waals surface area contributed by atoms with E-state index in [1.165, 1.54) is 12.0 Å². The van der Waals surface area contributed by atoms with Crippen molar-refractivity contribution in [2.24, 2.45) is 5.92 Å². The third kappa shape index (κ3) is 4.45. The van der Waals surface area contributed by atoms with Gasteiger partial charge < -0.3 is 4.74 Å². The fourth-order valence-corrected chi connectivity index (χ4v) is 3.14. The summed E-state index contributed by atoms with van der Waals surface area (Å²) in [5.41, 5.74) is 2.45. The molecule has 21 heavy (non-hydrogen) atoms. The standard InChI is InChI=1S/C19H26O2/c1-14(2)13-15(3)19(20)21-18-12-8-7-11-17(18)16-9-5-4-6-10-16/h4-6,9-10,13,15,17-18H,7-8,11-12H2,1-3H3/t15?,17-,18+/m1/s1. The van der Waals surface area contributed by atoms with Crippen LogP contribution in [0.3, 0.4) is 0 Å². The van der Waals surface area contributed by atoms with E-state index in [1.54, 1.807) is 0 Å². The number of rotatable bonds is 4. The van der Waals surface area contributed by atoms with E-state index in [-0.39, 0.29) is 18.0 Å². The second-order valence-corrected chi connectivity index (χ2v) is 6.31. The number of carbonyl (C=O) groups excluding carboxylic acids is 1. The van der Waals surface area contributed by atoms with E-state index in [9.17, 15) is 4.79 Å². The van der Waals surface area contributed by atoms with Crippen molar-refractivity contribution in [2.45, 2.75) is 58.5 Å². The van der Waals surface area contributed by atoms with Gasteiger partial charge in [-0.1, -0.05) is 48.4 Å². The van der Waals surface area contributed by atoms with Gasteiger partial charge in [-0.05, 0) is 45.6 Å². The zero-order valence-corrected chi connectivity index (χ0v) is 13.3. The van der Waals surface area contributed by atoms with Crippen molar-refractivity contribution in [2.75, 3.05) is 0 Å². The molecule has 2 nitrogen and oxygen atoms in total. The lowest BCUT2D eigenvalue weighted by Gasteiger charge is -2.32. The molecule has 2 rings (SSSR count). The molecule has 1 aromatic rings. The molecule has 3 atom stereocenters. The predicted octanol–water partition coefficient (Wildman–Crippen LogP) is 4.86. The van der Waals surface area contributed by atoms with Crippen LogP contribution in [-0.2, 0) is 9.53 Å². The van der Waals surface area contributed by atoms with Gasteiger partial charge in [-0.3, -0.25) is 4.79 Å². The van der Waals surface area contributed by atoms with Crippen molar-refractivity contribution in [1.82, 2.24) is 0 Å². The summed E-state index contributed by atoms with van der Waals surface area (Å²) in [4.78, 5) is 12.3. The molecule has 1 unspecified atom stereocenters. The highest BCUT2D eigenvalue weighted by Crippen LogP contribution is 2.35. The Morgan fingerprint density at radius 2 is 1.86 bits per heavy atom. The van der Waals surface area contributed by atoms with Crippen LogP contribution in [0, 0.1) is 5.92 Å². The van der Waals surface area contributed by atoms with Crippen molar-refractivity contribution in [3.05, 3.63) is 47.5 Å². The number of allylic oxidation sites excluding steroid dienone is 1. The summed E-state index contributed by atoms with van der Waals surface area (Å²) in [6, 6.07) is 10.5. The fourth-order valence-electron chi connectivity index (χ4n) is 3.14. The van der Waals surface area contributed by atoms with Gasteiger partial charge in [0.25, 0.3) is 0 Å². The lowest BCUT2D eigenvalue weighted by atomic mass is 9.81. The van der Waals surface area contributed by atoms with E-state index < -0.39 is 0 Å². The normalized spacial score (nSPS) is 23.2. The van der Waals surface area contributed by atoms with Gasteiger partial charge >= 0.3 is 5.97 Å². The topological polar surface area (TPSA) is 26.3 Å². The van der Waals surface area contributed by atoms with Crippen LogP contribution < -0.4 is 0 Å². The number of carbonyl (C=O) groups is 1. The third-order valence-electron chi connectivity index (χ3n) is 4.15. The molecule has 0 radical (unpaired) electrons. The summed E-state index contributed by atoms with van der Waals surface area (Å²) in [7, 11) is 0. The molecule has 1 aliphatic carbocycles. The summed E-state index contributed by atoms with van der Waals surface area (Å²) >= 11 is 0. The van der Waals surface area contributed by atoms with E-state index in [0.717, 1.165) is 24.8 Å². The maximum atomic E-state index is 12.3. The van der Waals surface area contributed by atoms with Gasteiger partial charge in [-0.15, -0.1) is 0 Å². The molecule has 1 saturated carbocycles. The number of ether oxygens (including phenoxy) is 1. The van der Waals surface area contributed by atoms with Crippen LogP contribution in [0.4, 0.5) is 0 Å². The number of benzene rings is 1. The van der Waals surface area contributed by atoms with E-state index in [2.05, 4.69) is 24.3 Å². The van der Waals surface area contributed by atoms with Gasteiger partial charge in [0.2, 0.25) is 0 Å². The Bertz CT molecular complexity index is 486. The first-order chi connectivity index (χ1) is 10.1. The van der Waals surface area contributed by atoms with Crippen LogP contribution in [0.15, 0.2) is 42.0 Å². The van der Waals surface area contributed by atoms with E-state index >= 15 is 0 Å². The van der Waals surface area contributed by atoms with Crippen molar-refractivity contribution >= 4 is 5.97 Å². The highest BCUT2D eigenvalue weighted by Gasteiger charge is 2.30. The number of hydrogen-bond acceptors (Lipinski definition) is 2. The largest absolute Gasteiger partial charge is 0.461 e. The minimum Gasteiger partial charge on any atom is -0.461 e. The molecular formula is C19H26O2. The Morgan fingerprint density at radius 3 is 2.52 bits per heavy atom. The minimum atomic E-state index is -0.159. The SMILES string of the molecule is CC(C)=CC(C)C(=O)O[C@H]1CCCC[C@@H]1c1ccccc1. The summed E-state index contributed by atoms with van der Waals surface area (Å²) in [5.74, 6) is 0.0974. The first kappa shape index (κ1) is 15.8. The van der Waals surface area contributed by atoms with E-state index in [4.69, 9.17) is 4.74 Å². The van der Waals surface area contributed by atoms with Crippen LogP contribution in [0.2, 0.25) is 0 Å². The molecule has 0 aromatic heterocycles. The van der Waals surface area contributed by atoms with Crippen LogP contribution in [0.5, 0.6) is 0 Å². The molecule has 0 heterocycles. The summed E-state index contributed by atoms with van der Waals surface area (Å²) in [6.45, 7) is 5.93. The molecule has 1 aromatic carbocycles. The highest BCUT2D eigenvalue weighted by atomic mass is 16.5. The summed E-state index contributed by atoms with van der Waals surface area (Å²) in [6.07, 6.45) is 6.46. The maximum Gasteiger partial charge on any atom is 0.312 e. The molecule has 1 aliphatic rings. The molecule has 1 fully saturated rings. The van der Waals surface area contributed by atoms with Crippen molar-refractivity contribution in [3.63, 3.8) is 0 Å². The second kappa shape index (κ2) is 7.44. The Morgan fingerprint density at radius 1 is 1.19 bits per heavy atom. The Balaban J connectivity index is 2.06. The molecular weight excluding hydrogens is 260 g/mol. The van der Waals surface area contributed by atoms with E-state index in [0.29, 0.717) is 5.92 Å². The Kier molecular flexibility index (Phi) is 5.60. The smallest absolute Gasteiger partial charge is 0.312 e. The van der Waals surface area contributed by atoms with Crippen molar-refractivity contribution in [3.8, 4) is 0 Å². The maximum absolute atomic E-state index is 12.3. The van der Waals surface area contributed by atoms with Gasteiger partial charge in [-0.25, -0.2) is 0 Å². The molecule has 0 amide bonds. The predicted molar refractivity (Wildman–Crippen MR) is 86.1 cm³/mol. The zero-order chi connectivity index (χ0) is 15.2. The molecule has 114 valence electrons. The van der Waals surface area contributed by atoms with Crippen molar-refractivity contribution < 1.29 is 9.53 Å². The number of hydrogen-bond donors (Lipinski definition) is 0. The molecule has 0 aliphatic heterocycles. The van der Waals surface area contributed by atoms with E-state index in [1.807, 2.05) is 32.9 Å². The summed E-state index contributed by atoms with van der Waals surface area (Å²) < 4.78 is 5.84. The van der Waals surface area contributed by atoms with Gasteiger partial charge in [0, 0.05) is 5.92 Å². The average Bonchev–Trinajstić information content (AvgIpc) is 2.48. The molecule has 0 saturated heterocycles. The molecule has 2 heteroatoms. The summed E-state index contributed by atoms with van der Waals surface area (Å²) in [5, 5.41) is 0. The lowest BCUT2D eigenvalue weighted by Crippen LogP contribution is -2.30. The third-order valence-corrected chi connectivity index (χ3v) is 4.15. The molecule has 0 bridgehead atoms. The van der Waals surface area contributed by atoms with Crippen LogP contribution >= 0.6 is 0 Å². The van der Waals surface area contributed by atoms with Gasteiger partial charge in [-0.2, -0.15) is 0 Å². The van der Waals surface area contributed by atoms with Gasteiger partial charge in [0.1, 0.15) is 6.10 Å². The monoisotopic (exact) mass is 286 g/mol. The fraction of sp³-hybridized carbons (Fsp3) is 0.526. The van der Waals surface area contributed by atoms with Gasteiger partial charge in [0.15, 0.2) is 0 Å². The number of esters is 1. The minimum absolute atomic E-state index is 0.0293. The van der Waals surface area contributed by atoms with Crippen LogP contribution in [0.25, 0.3) is 0 Å². The second-order valence-electron chi connectivity index (χ2n) is 6.31. The first-order valence-corrected chi connectivity index (χ1v) is 7.98. The molecule has 0 spiro atoms. The lowest BCUT2D eigenvalue weighted by molar-refractivity contribution is -0.154. The van der Waals surface area contributed by atoms with Crippen LogP contribution in [-0.4, -0.2) is 12.1 Å². The first-order valence-electron chi connectivity index (χ1n) is 7.98. The zero-order valence-electron chi connectivity index (χ0n) is 13.3. The quantitative estimate of drug-likeness (QED) is 0.583. The Labute approximate surface area is 128 Å². The van der Waals surface area contributed by atoms with Crippen molar-refractivity contribution in [1.29, 1.82) is 0 Å². The van der Waals surface area contributed by atoms with Crippen LogP contribution in [0.1, 0.15) is 57.9 Å². The highest BCUT2D eigenvalue weighted by molar-refractivity contribution is 5.74. The van der Waals surface area contributed by atoms with Gasteiger partial charge in [0.05, 0.1) is 5.92 Å². The Hall–Kier alpha value is -1.57. The molecule has 0 N–H and O–H groups in total. The average molecular weight is 286 g/mol.